The Morgan fingerprint density at radius 1 is 1.26 bits per heavy atom. The van der Waals surface area contributed by atoms with Crippen molar-refractivity contribution < 1.29 is 4.79 Å². The lowest BCUT2D eigenvalue weighted by Crippen LogP contribution is -2.47. The lowest BCUT2D eigenvalue weighted by atomic mass is 9.97. The summed E-state index contributed by atoms with van der Waals surface area (Å²) in [5.41, 5.74) is 0.188. The molecule has 1 unspecified atom stereocenters. The summed E-state index contributed by atoms with van der Waals surface area (Å²) in [7, 11) is 0. The molecule has 1 aromatic carbocycles. The van der Waals surface area contributed by atoms with Crippen LogP contribution in [0.25, 0.3) is 10.9 Å². The van der Waals surface area contributed by atoms with E-state index >= 15 is 0 Å². The van der Waals surface area contributed by atoms with Gasteiger partial charge in [0.2, 0.25) is 0 Å². The van der Waals surface area contributed by atoms with Gasteiger partial charge in [-0.3, -0.25) is 14.8 Å². The molecule has 2 aromatic rings. The largest absolute Gasteiger partial charge is 0.314 e. The monoisotopic (exact) mass is 252 g/mol. The Morgan fingerprint density at radius 2 is 2.16 bits per heavy atom. The first-order chi connectivity index (χ1) is 9.28. The molecule has 5 nitrogen and oxygen atoms in total. The first-order valence-corrected chi connectivity index (χ1v) is 6.36. The van der Waals surface area contributed by atoms with Gasteiger partial charge in [-0.15, -0.1) is 0 Å². The molecule has 2 aliphatic heterocycles. The van der Waals surface area contributed by atoms with Crippen LogP contribution in [-0.2, 0) is 4.79 Å². The fourth-order valence-corrected chi connectivity index (χ4v) is 2.75. The zero-order valence-corrected chi connectivity index (χ0v) is 10.3. The minimum absolute atomic E-state index is 0.151. The van der Waals surface area contributed by atoms with Crippen LogP contribution in [0.2, 0.25) is 0 Å². The van der Waals surface area contributed by atoms with Crippen molar-refractivity contribution in [2.75, 3.05) is 13.1 Å². The maximum Gasteiger partial charge on any atom is 0.275 e. The second-order valence-electron chi connectivity index (χ2n) is 5.00. The molecule has 0 aliphatic carbocycles. The molecule has 0 saturated carbocycles. The summed E-state index contributed by atoms with van der Waals surface area (Å²) < 4.78 is 0. The van der Waals surface area contributed by atoms with Gasteiger partial charge in [0.25, 0.3) is 5.91 Å². The van der Waals surface area contributed by atoms with Gasteiger partial charge in [0.05, 0.1) is 17.1 Å². The topological polar surface area (TPSA) is 66.7 Å². The van der Waals surface area contributed by atoms with Gasteiger partial charge < -0.3 is 5.32 Å². The Labute approximate surface area is 109 Å². The van der Waals surface area contributed by atoms with E-state index in [0.29, 0.717) is 18.3 Å². The number of carbonyl (C=O) groups excluding carboxylic acids is 1. The number of hydrogen-bond donors (Lipinski definition) is 1. The van der Waals surface area contributed by atoms with Crippen molar-refractivity contribution in [3.63, 3.8) is 0 Å². The quantitative estimate of drug-likeness (QED) is 0.703. The summed E-state index contributed by atoms with van der Waals surface area (Å²) in [6.07, 6.45) is 2.35. The first-order valence-electron chi connectivity index (χ1n) is 6.36. The molecule has 1 spiro atoms. The molecule has 5 heteroatoms. The number of fused-ring (bicyclic) bond motifs is 3. The smallest absolute Gasteiger partial charge is 0.275 e. The Kier molecular flexibility index (Phi) is 2.08. The van der Waals surface area contributed by atoms with E-state index in [9.17, 15) is 4.79 Å². The SMILES string of the molecule is O=C1N=c2cnc3ccccc3c2=NC12CCNC2. The van der Waals surface area contributed by atoms with Gasteiger partial charge in [-0.1, -0.05) is 18.2 Å². The van der Waals surface area contributed by atoms with Gasteiger partial charge in [0.1, 0.15) is 5.36 Å². The number of rotatable bonds is 0. The fourth-order valence-electron chi connectivity index (χ4n) is 2.75. The highest BCUT2D eigenvalue weighted by Crippen LogP contribution is 2.22. The maximum atomic E-state index is 12.2. The van der Waals surface area contributed by atoms with Crippen molar-refractivity contribution in [3.05, 3.63) is 41.2 Å². The molecule has 19 heavy (non-hydrogen) atoms. The highest BCUT2D eigenvalue weighted by Gasteiger charge is 2.42. The van der Waals surface area contributed by atoms with E-state index in [2.05, 4.69) is 15.3 Å². The minimum atomic E-state index is -0.697. The molecule has 0 bridgehead atoms. The molecular weight excluding hydrogens is 240 g/mol. The molecule has 1 N–H and O–H groups in total. The lowest BCUT2D eigenvalue weighted by Gasteiger charge is -2.21. The van der Waals surface area contributed by atoms with E-state index in [1.54, 1.807) is 6.20 Å². The van der Waals surface area contributed by atoms with E-state index in [1.165, 1.54) is 0 Å². The van der Waals surface area contributed by atoms with Crippen LogP contribution in [0, 0.1) is 0 Å². The van der Waals surface area contributed by atoms with Crippen molar-refractivity contribution in [2.45, 2.75) is 12.0 Å². The van der Waals surface area contributed by atoms with Crippen molar-refractivity contribution >= 4 is 16.8 Å². The maximum absolute atomic E-state index is 12.2. The molecule has 4 rings (SSSR count). The Balaban J connectivity index is 2.13. The molecule has 1 amide bonds. The normalized spacial score (nSPS) is 25.2. The third kappa shape index (κ3) is 1.45. The molecule has 1 fully saturated rings. The highest BCUT2D eigenvalue weighted by atomic mass is 16.2. The van der Waals surface area contributed by atoms with Crippen LogP contribution in [-0.4, -0.2) is 29.5 Å². The number of amides is 1. The lowest BCUT2D eigenvalue weighted by molar-refractivity contribution is -0.122. The molecule has 2 aliphatic rings. The van der Waals surface area contributed by atoms with Gasteiger partial charge in [0, 0.05) is 11.9 Å². The van der Waals surface area contributed by atoms with Crippen LogP contribution >= 0.6 is 0 Å². The third-order valence-electron chi connectivity index (χ3n) is 3.81. The molecule has 1 aromatic heterocycles. The number of benzene rings is 1. The molecule has 1 atom stereocenters. The average Bonchev–Trinajstić information content (AvgIpc) is 2.90. The third-order valence-corrected chi connectivity index (χ3v) is 3.81. The van der Waals surface area contributed by atoms with Gasteiger partial charge in [0.15, 0.2) is 5.54 Å². The summed E-state index contributed by atoms with van der Waals surface area (Å²) in [6.45, 7) is 1.38. The summed E-state index contributed by atoms with van der Waals surface area (Å²) >= 11 is 0. The predicted octanol–water partition coefficient (Wildman–Crippen LogP) is -0.254. The Morgan fingerprint density at radius 3 is 3.00 bits per heavy atom. The zero-order chi connectivity index (χ0) is 12.9. The first kappa shape index (κ1) is 10.8. The second-order valence-corrected chi connectivity index (χ2v) is 5.00. The number of aromatic nitrogens is 1. The van der Waals surface area contributed by atoms with Crippen LogP contribution in [0.4, 0.5) is 0 Å². The van der Waals surface area contributed by atoms with Gasteiger partial charge in [-0.05, 0) is 19.0 Å². The predicted molar refractivity (Wildman–Crippen MR) is 69.3 cm³/mol. The van der Waals surface area contributed by atoms with Gasteiger partial charge in [-0.25, -0.2) is 4.99 Å². The summed E-state index contributed by atoms with van der Waals surface area (Å²) in [5.74, 6) is -0.151. The fraction of sp³-hybridized carbons (Fsp3) is 0.286. The number of pyridine rings is 1. The summed E-state index contributed by atoms with van der Waals surface area (Å²) in [5, 5.41) is 5.55. The van der Waals surface area contributed by atoms with E-state index in [0.717, 1.165) is 22.8 Å². The van der Waals surface area contributed by atoms with Crippen LogP contribution < -0.4 is 16.0 Å². The molecule has 1 saturated heterocycles. The van der Waals surface area contributed by atoms with Crippen molar-refractivity contribution in [2.24, 2.45) is 9.98 Å². The van der Waals surface area contributed by atoms with Crippen molar-refractivity contribution in [1.29, 1.82) is 0 Å². The summed E-state index contributed by atoms with van der Waals surface area (Å²) in [6, 6.07) is 7.82. The van der Waals surface area contributed by atoms with Crippen LogP contribution in [0.3, 0.4) is 0 Å². The number of hydrogen-bond acceptors (Lipinski definition) is 4. The Hall–Kier alpha value is -2.14. The number of para-hydroxylation sites is 1. The number of nitrogens with one attached hydrogen (secondary N) is 1. The minimum Gasteiger partial charge on any atom is -0.314 e. The van der Waals surface area contributed by atoms with Crippen LogP contribution in [0.15, 0.2) is 40.4 Å². The zero-order valence-electron chi connectivity index (χ0n) is 10.3. The summed E-state index contributed by atoms with van der Waals surface area (Å²) in [4.78, 5) is 25.4. The van der Waals surface area contributed by atoms with Crippen molar-refractivity contribution in [3.8, 4) is 0 Å². The highest BCUT2D eigenvalue weighted by molar-refractivity contribution is 5.89. The van der Waals surface area contributed by atoms with E-state index in [-0.39, 0.29) is 5.91 Å². The van der Waals surface area contributed by atoms with Gasteiger partial charge in [-0.2, -0.15) is 0 Å². The molecular formula is C14H12N4O. The number of nitrogens with zero attached hydrogens (tertiary/aromatic N) is 3. The second kappa shape index (κ2) is 3.68. The van der Waals surface area contributed by atoms with Gasteiger partial charge >= 0.3 is 0 Å². The standard InChI is InChI=1S/C14H12N4O/c19-13-14(5-6-15-8-14)18-12-9-3-1-2-4-10(9)16-7-11(12)17-13/h1-4,7,15H,5-6,8H2. The Bertz CT molecular complexity index is 806. The van der Waals surface area contributed by atoms with E-state index in [4.69, 9.17) is 4.99 Å². The van der Waals surface area contributed by atoms with E-state index < -0.39 is 5.54 Å². The van der Waals surface area contributed by atoms with E-state index in [1.807, 2.05) is 24.3 Å². The van der Waals surface area contributed by atoms with Crippen molar-refractivity contribution in [1.82, 2.24) is 10.3 Å². The average molecular weight is 252 g/mol. The number of carbonyl (C=O) groups is 1. The molecule has 0 radical (unpaired) electrons. The molecule has 94 valence electrons. The van der Waals surface area contributed by atoms with Crippen LogP contribution in [0.1, 0.15) is 6.42 Å². The molecule has 3 heterocycles. The van der Waals surface area contributed by atoms with Crippen LogP contribution in [0.5, 0.6) is 0 Å².